The van der Waals surface area contributed by atoms with Crippen molar-refractivity contribution < 1.29 is 14.2 Å². The van der Waals surface area contributed by atoms with E-state index in [-0.39, 0.29) is 6.04 Å². The molecule has 0 saturated carbocycles. The smallest absolute Gasteiger partial charge is 0.161 e. The first-order valence-electron chi connectivity index (χ1n) is 10.1. The summed E-state index contributed by atoms with van der Waals surface area (Å²) in [7, 11) is 0. The maximum atomic E-state index is 5.87. The SMILES string of the molecule is CCOc1ccc(C2NCCc3cc(OCC)c(OCC)cc32)c(CC)c1. The van der Waals surface area contributed by atoms with Gasteiger partial charge in [-0.05, 0) is 80.1 Å². The largest absolute Gasteiger partial charge is 0.494 e. The van der Waals surface area contributed by atoms with E-state index in [2.05, 4.69) is 42.6 Å². The highest BCUT2D eigenvalue weighted by Gasteiger charge is 2.25. The maximum Gasteiger partial charge on any atom is 0.161 e. The van der Waals surface area contributed by atoms with Crippen molar-refractivity contribution in [2.75, 3.05) is 26.4 Å². The van der Waals surface area contributed by atoms with Gasteiger partial charge in [0.1, 0.15) is 5.75 Å². The van der Waals surface area contributed by atoms with Crippen molar-refractivity contribution in [1.29, 1.82) is 0 Å². The van der Waals surface area contributed by atoms with Crippen LogP contribution in [0, 0.1) is 0 Å². The van der Waals surface area contributed by atoms with Gasteiger partial charge in [0.25, 0.3) is 0 Å². The first-order valence-corrected chi connectivity index (χ1v) is 10.1. The zero-order valence-corrected chi connectivity index (χ0v) is 16.9. The molecule has 1 aliphatic heterocycles. The first-order chi connectivity index (χ1) is 13.2. The average Bonchev–Trinajstić information content (AvgIpc) is 2.68. The van der Waals surface area contributed by atoms with E-state index >= 15 is 0 Å². The highest BCUT2D eigenvalue weighted by atomic mass is 16.5. The third-order valence-corrected chi connectivity index (χ3v) is 4.98. The van der Waals surface area contributed by atoms with Crippen LogP contribution in [0.15, 0.2) is 30.3 Å². The molecule has 1 unspecified atom stereocenters. The minimum atomic E-state index is 0.161. The molecule has 4 nitrogen and oxygen atoms in total. The number of ether oxygens (including phenoxy) is 3. The lowest BCUT2D eigenvalue weighted by molar-refractivity contribution is 0.286. The van der Waals surface area contributed by atoms with Gasteiger partial charge in [-0.3, -0.25) is 0 Å². The summed E-state index contributed by atoms with van der Waals surface area (Å²) in [5.41, 5.74) is 5.25. The summed E-state index contributed by atoms with van der Waals surface area (Å²) < 4.78 is 17.4. The highest BCUT2D eigenvalue weighted by Crippen LogP contribution is 2.39. The first kappa shape index (κ1) is 19.6. The highest BCUT2D eigenvalue weighted by molar-refractivity contribution is 5.53. The van der Waals surface area contributed by atoms with Gasteiger partial charge in [-0.15, -0.1) is 0 Å². The molecule has 0 saturated heterocycles. The van der Waals surface area contributed by atoms with Crippen LogP contribution in [-0.2, 0) is 12.8 Å². The molecule has 1 atom stereocenters. The fraction of sp³-hybridized carbons (Fsp3) is 0.478. The minimum absolute atomic E-state index is 0.161. The van der Waals surface area contributed by atoms with Crippen LogP contribution >= 0.6 is 0 Å². The number of benzene rings is 2. The summed E-state index contributed by atoms with van der Waals surface area (Å²) in [6.45, 7) is 11.1. The predicted octanol–water partition coefficient (Wildman–Crippen LogP) is 4.68. The molecular weight excluding hydrogens is 338 g/mol. The summed E-state index contributed by atoms with van der Waals surface area (Å²) in [6, 6.07) is 10.9. The molecule has 0 aromatic heterocycles. The minimum Gasteiger partial charge on any atom is -0.494 e. The van der Waals surface area contributed by atoms with Crippen LogP contribution in [0.3, 0.4) is 0 Å². The standard InChI is InChI=1S/C23H31NO3/c1-5-16-13-18(25-6-2)9-10-19(16)23-20-15-22(27-8-4)21(26-7-3)14-17(20)11-12-24-23/h9-10,13-15,23-24H,5-8,11-12H2,1-4H3. The van der Waals surface area contributed by atoms with Crippen LogP contribution < -0.4 is 19.5 Å². The second kappa shape index (κ2) is 9.14. The monoisotopic (exact) mass is 369 g/mol. The van der Waals surface area contributed by atoms with Crippen LogP contribution in [0.25, 0.3) is 0 Å². The zero-order chi connectivity index (χ0) is 19.2. The van der Waals surface area contributed by atoms with Gasteiger partial charge in [-0.2, -0.15) is 0 Å². The van der Waals surface area contributed by atoms with E-state index in [1.54, 1.807) is 0 Å². The van der Waals surface area contributed by atoms with Gasteiger partial charge in [0.05, 0.1) is 25.9 Å². The van der Waals surface area contributed by atoms with Gasteiger partial charge >= 0.3 is 0 Å². The Morgan fingerprint density at radius 1 is 0.852 bits per heavy atom. The Balaban J connectivity index is 2.04. The number of nitrogens with one attached hydrogen (secondary N) is 1. The molecular formula is C23H31NO3. The lowest BCUT2D eigenvalue weighted by atomic mass is 9.86. The van der Waals surface area contributed by atoms with Gasteiger partial charge in [0.15, 0.2) is 11.5 Å². The van der Waals surface area contributed by atoms with Crippen molar-refractivity contribution in [2.45, 2.75) is 46.6 Å². The van der Waals surface area contributed by atoms with E-state index in [4.69, 9.17) is 14.2 Å². The molecule has 3 rings (SSSR count). The number of fused-ring (bicyclic) bond motifs is 1. The molecule has 0 radical (unpaired) electrons. The van der Waals surface area contributed by atoms with E-state index in [0.29, 0.717) is 19.8 Å². The van der Waals surface area contributed by atoms with Gasteiger partial charge in [0.2, 0.25) is 0 Å². The van der Waals surface area contributed by atoms with Crippen LogP contribution in [-0.4, -0.2) is 26.4 Å². The molecule has 0 bridgehead atoms. The van der Waals surface area contributed by atoms with Crippen LogP contribution in [0.5, 0.6) is 17.2 Å². The van der Waals surface area contributed by atoms with Gasteiger partial charge in [-0.25, -0.2) is 0 Å². The molecule has 27 heavy (non-hydrogen) atoms. The molecule has 2 aromatic rings. The van der Waals surface area contributed by atoms with Crippen molar-refractivity contribution in [1.82, 2.24) is 5.32 Å². The fourth-order valence-electron chi connectivity index (χ4n) is 3.80. The second-order valence-electron chi connectivity index (χ2n) is 6.65. The van der Waals surface area contributed by atoms with Gasteiger partial charge < -0.3 is 19.5 Å². The van der Waals surface area contributed by atoms with E-state index in [1.807, 2.05) is 20.8 Å². The zero-order valence-electron chi connectivity index (χ0n) is 16.9. The second-order valence-corrected chi connectivity index (χ2v) is 6.65. The van der Waals surface area contributed by atoms with Crippen molar-refractivity contribution in [3.63, 3.8) is 0 Å². The van der Waals surface area contributed by atoms with E-state index in [9.17, 15) is 0 Å². The molecule has 2 aromatic carbocycles. The van der Waals surface area contributed by atoms with Crippen LogP contribution in [0.2, 0.25) is 0 Å². The molecule has 146 valence electrons. The third-order valence-electron chi connectivity index (χ3n) is 4.98. The van der Waals surface area contributed by atoms with Crippen LogP contribution in [0.4, 0.5) is 0 Å². The van der Waals surface area contributed by atoms with Crippen molar-refractivity contribution >= 4 is 0 Å². The summed E-state index contributed by atoms with van der Waals surface area (Å²) in [5, 5.41) is 3.70. The quantitative estimate of drug-likeness (QED) is 0.733. The molecule has 0 spiro atoms. The Bertz CT molecular complexity index is 772. The Hall–Kier alpha value is -2.20. The molecule has 4 heteroatoms. The Labute approximate surface area is 162 Å². The maximum absolute atomic E-state index is 5.87. The van der Waals surface area contributed by atoms with Crippen molar-refractivity contribution in [2.24, 2.45) is 0 Å². The number of hydrogen-bond donors (Lipinski definition) is 1. The topological polar surface area (TPSA) is 39.7 Å². The van der Waals surface area contributed by atoms with E-state index in [0.717, 1.165) is 36.6 Å². The molecule has 1 heterocycles. The molecule has 1 aliphatic rings. The Morgan fingerprint density at radius 2 is 1.56 bits per heavy atom. The summed E-state index contributed by atoms with van der Waals surface area (Å²) in [6.07, 6.45) is 1.97. The lowest BCUT2D eigenvalue weighted by Gasteiger charge is -2.30. The molecule has 0 aliphatic carbocycles. The molecule has 1 N–H and O–H groups in total. The normalized spacial score (nSPS) is 15.9. The number of rotatable bonds is 8. The summed E-state index contributed by atoms with van der Waals surface area (Å²) in [4.78, 5) is 0. The number of hydrogen-bond acceptors (Lipinski definition) is 4. The van der Waals surface area contributed by atoms with E-state index in [1.165, 1.54) is 22.3 Å². The Morgan fingerprint density at radius 3 is 2.22 bits per heavy atom. The van der Waals surface area contributed by atoms with Crippen molar-refractivity contribution in [3.8, 4) is 17.2 Å². The molecule has 0 fully saturated rings. The fourth-order valence-corrected chi connectivity index (χ4v) is 3.80. The summed E-state index contributed by atoms with van der Waals surface area (Å²) >= 11 is 0. The van der Waals surface area contributed by atoms with Crippen molar-refractivity contribution in [3.05, 3.63) is 52.6 Å². The van der Waals surface area contributed by atoms with Gasteiger partial charge in [-0.1, -0.05) is 13.0 Å². The van der Waals surface area contributed by atoms with Gasteiger partial charge in [0, 0.05) is 6.54 Å². The molecule has 0 amide bonds. The average molecular weight is 370 g/mol. The predicted molar refractivity (Wildman–Crippen MR) is 109 cm³/mol. The number of aryl methyl sites for hydroxylation is 1. The Kier molecular flexibility index (Phi) is 6.62. The van der Waals surface area contributed by atoms with Crippen LogP contribution in [0.1, 0.15) is 56.0 Å². The van der Waals surface area contributed by atoms with E-state index < -0.39 is 0 Å². The lowest BCUT2D eigenvalue weighted by Crippen LogP contribution is -2.31. The summed E-state index contributed by atoms with van der Waals surface area (Å²) in [5.74, 6) is 2.62. The third kappa shape index (κ3) is 4.22.